The zero-order chi connectivity index (χ0) is 13.4. The van der Waals surface area contributed by atoms with Crippen molar-refractivity contribution < 1.29 is 4.79 Å². The number of benzene rings is 1. The number of urea groups is 1. The van der Waals surface area contributed by atoms with Crippen LogP contribution in [0.25, 0.3) is 0 Å². The molecule has 1 aromatic rings. The first-order chi connectivity index (χ1) is 8.67. The van der Waals surface area contributed by atoms with Gasteiger partial charge in [-0.1, -0.05) is 36.2 Å². The molecule has 0 aliphatic rings. The van der Waals surface area contributed by atoms with E-state index < -0.39 is 0 Å². The normalized spacial score (nSPS) is 10.2. The summed E-state index contributed by atoms with van der Waals surface area (Å²) >= 11 is 3.38. The van der Waals surface area contributed by atoms with E-state index in [9.17, 15) is 4.79 Å². The summed E-state index contributed by atoms with van der Waals surface area (Å²) in [7, 11) is 0. The fourth-order valence-electron chi connectivity index (χ4n) is 1.67. The topological polar surface area (TPSA) is 32.3 Å². The summed E-state index contributed by atoms with van der Waals surface area (Å²) in [6.45, 7) is 5.86. The second-order valence-electron chi connectivity index (χ2n) is 4.28. The Kier molecular flexibility index (Phi) is 6.80. The highest BCUT2D eigenvalue weighted by Crippen LogP contribution is 2.14. The highest BCUT2D eigenvalue weighted by atomic mass is 79.9. The van der Waals surface area contributed by atoms with Crippen molar-refractivity contribution in [2.24, 2.45) is 0 Å². The number of rotatable bonds is 6. The Morgan fingerprint density at radius 3 is 2.39 bits per heavy atom. The lowest BCUT2D eigenvalue weighted by atomic mass is 10.3. The molecule has 4 heteroatoms. The van der Waals surface area contributed by atoms with Gasteiger partial charge in [0.05, 0.1) is 0 Å². The maximum atomic E-state index is 12.1. The molecule has 2 amide bonds. The van der Waals surface area contributed by atoms with Crippen LogP contribution in [0.1, 0.15) is 33.1 Å². The molecule has 18 heavy (non-hydrogen) atoms. The molecule has 0 spiro atoms. The smallest absolute Gasteiger partial charge is 0.321 e. The Labute approximate surface area is 118 Å². The van der Waals surface area contributed by atoms with Gasteiger partial charge in [0.1, 0.15) is 0 Å². The fraction of sp³-hybridized carbons (Fsp3) is 0.500. The third kappa shape index (κ3) is 5.08. The van der Waals surface area contributed by atoms with E-state index in [0.717, 1.165) is 42.5 Å². The van der Waals surface area contributed by atoms with Gasteiger partial charge in [-0.15, -0.1) is 0 Å². The van der Waals surface area contributed by atoms with Crippen molar-refractivity contribution in [1.82, 2.24) is 4.90 Å². The summed E-state index contributed by atoms with van der Waals surface area (Å²) < 4.78 is 1.01. The maximum Gasteiger partial charge on any atom is 0.321 e. The summed E-state index contributed by atoms with van der Waals surface area (Å²) in [5.74, 6) is 0. The van der Waals surface area contributed by atoms with Gasteiger partial charge in [0, 0.05) is 23.2 Å². The molecular formula is C14H21BrN2O. The van der Waals surface area contributed by atoms with E-state index in [2.05, 4.69) is 35.1 Å². The van der Waals surface area contributed by atoms with Gasteiger partial charge in [-0.2, -0.15) is 0 Å². The van der Waals surface area contributed by atoms with E-state index in [1.54, 1.807) is 0 Å². The molecule has 0 bridgehead atoms. The van der Waals surface area contributed by atoms with E-state index in [0.29, 0.717) is 0 Å². The second kappa shape index (κ2) is 8.14. The lowest BCUT2D eigenvalue weighted by molar-refractivity contribution is 0.211. The minimum atomic E-state index is -0.00683. The molecule has 0 aliphatic heterocycles. The molecule has 0 atom stereocenters. The summed E-state index contributed by atoms with van der Waals surface area (Å²) in [6.07, 6.45) is 3.14. The van der Waals surface area contributed by atoms with Crippen molar-refractivity contribution in [2.45, 2.75) is 33.1 Å². The molecule has 0 unspecified atom stereocenters. The second-order valence-corrected chi connectivity index (χ2v) is 5.19. The van der Waals surface area contributed by atoms with Crippen LogP contribution >= 0.6 is 15.9 Å². The van der Waals surface area contributed by atoms with E-state index in [-0.39, 0.29) is 6.03 Å². The minimum absolute atomic E-state index is 0.00683. The molecule has 0 saturated carbocycles. The van der Waals surface area contributed by atoms with Crippen LogP contribution in [0.3, 0.4) is 0 Å². The fourth-order valence-corrected chi connectivity index (χ4v) is 1.93. The Balaban J connectivity index is 2.57. The average Bonchev–Trinajstić information content (AvgIpc) is 2.37. The zero-order valence-electron chi connectivity index (χ0n) is 11.1. The van der Waals surface area contributed by atoms with Crippen molar-refractivity contribution in [3.8, 4) is 0 Å². The van der Waals surface area contributed by atoms with Crippen LogP contribution in [0, 0.1) is 0 Å². The Morgan fingerprint density at radius 1 is 1.17 bits per heavy atom. The van der Waals surface area contributed by atoms with Crippen LogP contribution in [-0.2, 0) is 0 Å². The Hall–Kier alpha value is -1.03. The van der Waals surface area contributed by atoms with Crippen LogP contribution in [0.5, 0.6) is 0 Å². The number of amides is 2. The monoisotopic (exact) mass is 312 g/mol. The van der Waals surface area contributed by atoms with Gasteiger partial charge in [-0.25, -0.2) is 4.79 Å². The molecule has 0 aromatic heterocycles. The van der Waals surface area contributed by atoms with Gasteiger partial charge < -0.3 is 10.2 Å². The molecular weight excluding hydrogens is 292 g/mol. The highest BCUT2D eigenvalue weighted by molar-refractivity contribution is 9.10. The highest BCUT2D eigenvalue weighted by Gasteiger charge is 2.11. The van der Waals surface area contributed by atoms with Gasteiger partial charge in [-0.05, 0) is 37.1 Å². The number of carbonyl (C=O) groups is 1. The molecule has 1 aromatic carbocycles. The number of halogens is 1. The number of hydrogen-bond acceptors (Lipinski definition) is 1. The number of hydrogen-bond donors (Lipinski definition) is 1. The van der Waals surface area contributed by atoms with Crippen LogP contribution in [0.15, 0.2) is 28.7 Å². The quantitative estimate of drug-likeness (QED) is 0.824. The molecule has 1 rings (SSSR count). The first kappa shape index (κ1) is 15.0. The summed E-state index contributed by atoms with van der Waals surface area (Å²) in [4.78, 5) is 14.0. The number of anilines is 1. The molecule has 0 radical (unpaired) electrons. The lowest BCUT2D eigenvalue weighted by Crippen LogP contribution is -2.36. The molecule has 1 N–H and O–H groups in total. The van der Waals surface area contributed by atoms with E-state index in [1.165, 1.54) is 0 Å². The zero-order valence-corrected chi connectivity index (χ0v) is 12.7. The third-order valence-electron chi connectivity index (χ3n) is 2.66. The number of carbonyl (C=O) groups excluding carboxylic acids is 1. The lowest BCUT2D eigenvalue weighted by Gasteiger charge is -2.22. The van der Waals surface area contributed by atoms with Crippen LogP contribution in [0.4, 0.5) is 10.5 Å². The number of nitrogens with zero attached hydrogens (tertiary/aromatic N) is 1. The van der Waals surface area contributed by atoms with Crippen molar-refractivity contribution in [2.75, 3.05) is 18.4 Å². The summed E-state index contributed by atoms with van der Waals surface area (Å²) in [5.41, 5.74) is 0.834. The predicted molar refractivity (Wildman–Crippen MR) is 79.9 cm³/mol. The van der Waals surface area contributed by atoms with Crippen molar-refractivity contribution in [3.63, 3.8) is 0 Å². The number of nitrogens with one attached hydrogen (secondary N) is 1. The Bertz CT molecular complexity index is 365. The van der Waals surface area contributed by atoms with Crippen molar-refractivity contribution >= 4 is 27.6 Å². The predicted octanol–water partition coefficient (Wildman–Crippen LogP) is 4.49. The molecule has 0 aliphatic carbocycles. The van der Waals surface area contributed by atoms with E-state index >= 15 is 0 Å². The minimum Gasteiger partial charge on any atom is -0.325 e. The number of unbranched alkanes of at least 4 members (excludes halogenated alkanes) is 1. The average molecular weight is 313 g/mol. The van der Waals surface area contributed by atoms with E-state index in [1.807, 2.05) is 29.2 Å². The van der Waals surface area contributed by atoms with Crippen molar-refractivity contribution in [3.05, 3.63) is 28.7 Å². The van der Waals surface area contributed by atoms with Gasteiger partial charge >= 0.3 is 6.03 Å². The van der Waals surface area contributed by atoms with Crippen LogP contribution in [-0.4, -0.2) is 24.0 Å². The van der Waals surface area contributed by atoms with Crippen molar-refractivity contribution in [1.29, 1.82) is 0 Å². The van der Waals surface area contributed by atoms with Gasteiger partial charge in [0.15, 0.2) is 0 Å². The maximum absolute atomic E-state index is 12.1. The molecule has 3 nitrogen and oxygen atoms in total. The van der Waals surface area contributed by atoms with Gasteiger partial charge in [0.25, 0.3) is 0 Å². The first-order valence-electron chi connectivity index (χ1n) is 6.48. The molecule has 0 heterocycles. The standard InChI is InChI=1S/C14H21BrN2O/c1-3-5-11-17(10-4-2)14(18)16-13-8-6-12(15)7-9-13/h6-9H,3-5,10-11H2,1-2H3,(H,16,18). The van der Waals surface area contributed by atoms with E-state index in [4.69, 9.17) is 0 Å². The van der Waals surface area contributed by atoms with Gasteiger partial charge in [-0.3, -0.25) is 0 Å². The SMILES string of the molecule is CCCCN(CCC)C(=O)Nc1ccc(Br)cc1. The summed E-state index contributed by atoms with van der Waals surface area (Å²) in [5, 5.41) is 2.93. The Morgan fingerprint density at radius 2 is 1.83 bits per heavy atom. The van der Waals surface area contributed by atoms with Crippen LogP contribution < -0.4 is 5.32 Å². The van der Waals surface area contributed by atoms with Crippen LogP contribution in [0.2, 0.25) is 0 Å². The molecule has 100 valence electrons. The summed E-state index contributed by atoms with van der Waals surface area (Å²) in [6, 6.07) is 7.63. The third-order valence-corrected chi connectivity index (χ3v) is 3.19. The molecule has 0 saturated heterocycles. The largest absolute Gasteiger partial charge is 0.325 e. The first-order valence-corrected chi connectivity index (χ1v) is 7.28. The van der Waals surface area contributed by atoms with Gasteiger partial charge in [0.2, 0.25) is 0 Å². The molecule has 0 fully saturated rings.